The Balaban J connectivity index is 1.57. The van der Waals surface area contributed by atoms with E-state index in [1.807, 2.05) is 4.68 Å². The van der Waals surface area contributed by atoms with Crippen LogP contribution in [0.1, 0.15) is 56.7 Å². The first-order valence-electron chi connectivity index (χ1n) is 8.07. The number of rotatable bonds is 3. The molecule has 1 aromatic rings. The SMILES string of the molecule is CC1CCCCC1NC(=O)Cn1cc2c(n1)CCCC2. The van der Waals surface area contributed by atoms with Gasteiger partial charge in [-0.3, -0.25) is 9.48 Å². The number of aryl methyl sites for hydroxylation is 2. The zero-order valence-corrected chi connectivity index (χ0v) is 12.4. The highest BCUT2D eigenvalue weighted by atomic mass is 16.2. The predicted octanol–water partition coefficient (Wildman–Crippen LogP) is 2.46. The van der Waals surface area contributed by atoms with Crippen LogP contribution in [0.3, 0.4) is 0 Å². The van der Waals surface area contributed by atoms with Gasteiger partial charge in [0, 0.05) is 12.2 Å². The second-order valence-electron chi connectivity index (χ2n) is 6.44. The minimum Gasteiger partial charge on any atom is -0.351 e. The zero-order valence-electron chi connectivity index (χ0n) is 12.4. The summed E-state index contributed by atoms with van der Waals surface area (Å²) in [6.45, 7) is 2.62. The van der Waals surface area contributed by atoms with Gasteiger partial charge in [0.1, 0.15) is 6.54 Å². The number of fused-ring (bicyclic) bond motifs is 1. The van der Waals surface area contributed by atoms with Crippen LogP contribution < -0.4 is 5.32 Å². The van der Waals surface area contributed by atoms with Crippen LogP contribution in [0, 0.1) is 5.92 Å². The molecule has 1 fully saturated rings. The van der Waals surface area contributed by atoms with Crippen LogP contribution >= 0.6 is 0 Å². The van der Waals surface area contributed by atoms with Gasteiger partial charge in [-0.1, -0.05) is 19.8 Å². The summed E-state index contributed by atoms with van der Waals surface area (Å²) in [5.74, 6) is 0.724. The summed E-state index contributed by atoms with van der Waals surface area (Å²) in [5.41, 5.74) is 2.55. The molecule has 1 N–H and O–H groups in total. The molecule has 0 radical (unpaired) electrons. The van der Waals surface area contributed by atoms with Crippen molar-refractivity contribution in [3.8, 4) is 0 Å². The van der Waals surface area contributed by atoms with Crippen LogP contribution in [-0.4, -0.2) is 21.7 Å². The van der Waals surface area contributed by atoms with Gasteiger partial charge in [0.2, 0.25) is 5.91 Å². The number of aromatic nitrogens is 2. The first-order valence-corrected chi connectivity index (χ1v) is 8.07. The number of carbonyl (C=O) groups excluding carboxylic acids is 1. The van der Waals surface area contributed by atoms with Gasteiger partial charge >= 0.3 is 0 Å². The van der Waals surface area contributed by atoms with Gasteiger partial charge in [-0.05, 0) is 50.0 Å². The second-order valence-corrected chi connectivity index (χ2v) is 6.44. The van der Waals surface area contributed by atoms with Crippen molar-refractivity contribution in [3.63, 3.8) is 0 Å². The average Bonchev–Trinajstić information content (AvgIpc) is 2.83. The van der Waals surface area contributed by atoms with Crippen molar-refractivity contribution in [2.75, 3.05) is 0 Å². The topological polar surface area (TPSA) is 46.9 Å². The third-order valence-electron chi connectivity index (χ3n) is 4.80. The van der Waals surface area contributed by atoms with Crippen LogP contribution in [0.5, 0.6) is 0 Å². The molecular formula is C16H25N3O. The first-order chi connectivity index (χ1) is 9.72. The van der Waals surface area contributed by atoms with Gasteiger partial charge < -0.3 is 5.32 Å². The molecular weight excluding hydrogens is 250 g/mol. The van der Waals surface area contributed by atoms with E-state index in [0.717, 1.165) is 19.3 Å². The first kappa shape index (κ1) is 13.7. The summed E-state index contributed by atoms with van der Waals surface area (Å²) in [7, 11) is 0. The van der Waals surface area contributed by atoms with Gasteiger partial charge in [-0.2, -0.15) is 5.10 Å². The lowest BCUT2D eigenvalue weighted by atomic mass is 9.86. The molecule has 0 saturated heterocycles. The molecule has 0 aliphatic heterocycles. The van der Waals surface area contributed by atoms with Gasteiger partial charge in [0.15, 0.2) is 0 Å². The smallest absolute Gasteiger partial charge is 0.241 e. The molecule has 2 atom stereocenters. The normalized spacial score (nSPS) is 26.1. The Bertz CT molecular complexity index is 457. The van der Waals surface area contributed by atoms with E-state index < -0.39 is 0 Å². The van der Waals surface area contributed by atoms with Crippen molar-refractivity contribution in [1.82, 2.24) is 15.1 Å². The van der Waals surface area contributed by atoms with Crippen molar-refractivity contribution in [1.29, 1.82) is 0 Å². The molecule has 4 nitrogen and oxygen atoms in total. The van der Waals surface area contributed by atoms with Crippen LogP contribution in [0.15, 0.2) is 6.20 Å². The Morgan fingerprint density at radius 3 is 2.90 bits per heavy atom. The number of amides is 1. The molecule has 2 unspecified atom stereocenters. The molecule has 110 valence electrons. The quantitative estimate of drug-likeness (QED) is 0.921. The molecule has 20 heavy (non-hydrogen) atoms. The fourth-order valence-corrected chi connectivity index (χ4v) is 3.54. The molecule has 0 bridgehead atoms. The molecule has 1 heterocycles. The maximum absolute atomic E-state index is 12.2. The highest BCUT2D eigenvalue weighted by Crippen LogP contribution is 2.23. The van der Waals surface area contributed by atoms with Crippen molar-refractivity contribution in [2.24, 2.45) is 5.92 Å². The zero-order chi connectivity index (χ0) is 13.9. The van der Waals surface area contributed by atoms with E-state index >= 15 is 0 Å². The monoisotopic (exact) mass is 275 g/mol. The van der Waals surface area contributed by atoms with Gasteiger partial charge in [0.25, 0.3) is 0 Å². The fourth-order valence-electron chi connectivity index (χ4n) is 3.54. The van der Waals surface area contributed by atoms with E-state index in [0.29, 0.717) is 18.5 Å². The number of carbonyl (C=O) groups is 1. The Kier molecular flexibility index (Phi) is 4.08. The Hall–Kier alpha value is -1.32. The molecule has 3 rings (SSSR count). The minimum absolute atomic E-state index is 0.114. The fraction of sp³-hybridized carbons (Fsp3) is 0.750. The minimum atomic E-state index is 0.114. The second kappa shape index (κ2) is 5.98. The van der Waals surface area contributed by atoms with E-state index in [2.05, 4.69) is 23.5 Å². The predicted molar refractivity (Wildman–Crippen MR) is 78.4 cm³/mol. The highest BCUT2D eigenvalue weighted by Gasteiger charge is 2.23. The van der Waals surface area contributed by atoms with E-state index in [4.69, 9.17) is 0 Å². The number of hydrogen-bond donors (Lipinski definition) is 1. The maximum atomic E-state index is 12.2. The molecule has 4 heteroatoms. The average molecular weight is 275 g/mol. The molecule has 0 spiro atoms. The van der Waals surface area contributed by atoms with Gasteiger partial charge in [0.05, 0.1) is 5.69 Å². The van der Waals surface area contributed by atoms with Crippen LogP contribution in [0.2, 0.25) is 0 Å². The van der Waals surface area contributed by atoms with Crippen molar-refractivity contribution >= 4 is 5.91 Å². The Morgan fingerprint density at radius 2 is 2.10 bits per heavy atom. The largest absolute Gasteiger partial charge is 0.351 e. The highest BCUT2D eigenvalue weighted by molar-refractivity contribution is 5.76. The summed E-state index contributed by atoms with van der Waals surface area (Å²) in [5, 5.41) is 7.76. The number of hydrogen-bond acceptors (Lipinski definition) is 2. The lowest BCUT2D eigenvalue weighted by Gasteiger charge is -2.29. The van der Waals surface area contributed by atoms with Crippen LogP contribution in [0.4, 0.5) is 0 Å². The third kappa shape index (κ3) is 3.05. The van der Waals surface area contributed by atoms with E-state index in [-0.39, 0.29) is 5.91 Å². The molecule has 0 aromatic carbocycles. The van der Waals surface area contributed by atoms with Gasteiger partial charge in [-0.15, -0.1) is 0 Å². The van der Waals surface area contributed by atoms with E-state index in [1.165, 1.54) is 43.4 Å². The maximum Gasteiger partial charge on any atom is 0.241 e. The van der Waals surface area contributed by atoms with Crippen molar-refractivity contribution < 1.29 is 4.79 Å². The van der Waals surface area contributed by atoms with Crippen molar-refractivity contribution in [2.45, 2.75) is 70.9 Å². The van der Waals surface area contributed by atoms with Crippen LogP contribution in [-0.2, 0) is 24.2 Å². The van der Waals surface area contributed by atoms with Crippen LogP contribution in [0.25, 0.3) is 0 Å². The molecule has 1 aromatic heterocycles. The third-order valence-corrected chi connectivity index (χ3v) is 4.80. The molecule has 1 amide bonds. The standard InChI is InChI=1S/C16H25N3O/c1-12-6-2-4-8-14(12)17-16(20)11-19-10-13-7-3-5-9-15(13)18-19/h10,12,14H,2-9,11H2,1H3,(H,17,20). The molecule has 2 aliphatic carbocycles. The number of nitrogens with one attached hydrogen (secondary N) is 1. The Morgan fingerprint density at radius 1 is 1.30 bits per heavy atom. The molecule has 1 saturated carbocycles. The summed E-state index contributed by atoms with van der Waals surface area (Å²) in [6.07, 6.45) is 11.7. The summed E-state index contributed by atoms with van der Waals surface area (Å²) in [4.78, 5) is 12.2. The van der Waals surface area contributed by atoms with E-state index in [9.17, 15) is 4.79 Å². The summed E-state index contributed by atoms with van der Waals surface area (Å²) < 4.78 is 1.83. The van der Waals surface area contributed by atoms with E-state index in [1.54, 1.807) is 0 Å². The summed E-state index contributed by atoms with van der Waals surface area (Å²) in [6, 6.07) is 0.362. The lowest BCUT2D eigenvalue weighted by molar-refractivity contribution is -0.123. The van der Waals surface area contributed by atoms with Gasteiger partial charge in [-0.25, -0.2) is 0 Å². The lowest BCUT2D eigenvalue weighted by Crippen LogP contribution is -2.42. The molecule has 2 aliphatic rings. The summed E-state index contributed by atoms with van der Waals surface area (Å²) >= 11 is 0. The van der Waals surface area contributed by atoms with Crippen molar-refractivity contribution in [3.05, 3.63) is 17.5 Å². The number of nitrogens with zero attached hydrogens (tertiary/aromatic N) is 2. The Labute approximate surface area is 120 Å².